The summed E-state index contributed by atoms with van der Waals surface area (Å²) in [6.45, 7) is 3.07. The number of aromatic nitrogens is 5. The average molecular weight is 348 g/mol. The van der Waals surface area contributed by atoms with Crippen molar-refractivity contribution in [2.24, 2.45) is 0 Å². The maximum absolute atomic E-state index is 5.33. The molecule has 1 fully saturated rings. The molecule has 0 aliphatic carbocycles. The van der Waals surface area contributed by atoms with E-state index in [1.165, 1.54) is 0 Å². The van der Waals surface area contributed by atoms with Crippen LogP contribution in [0.2, 0.25) is 0 Å². The zero-order chi connectivity index (χ0) is 17.3. The second-order valence-corrected chi connectivity index (χ2v) is 6.75. The summed E-state index contributed by atoms with van der Waals surface area (Å²) in [5.74, 6) is 1.35. The van der Waals surface area contributed by atoms with Crippen LogP contribution in [0.5, 0.6) is 0 Å². The van der Waals surface area contributed by atoms with E-state index >= 15 is 0 Å². The number of aromatic amines is 1. The van der Waals surface area contributed by atoms with Crippen LogP contribution in [-0.4, -0.2) is 49.3 Å². The summed E-state index contributed by atoms with van der Waals surface area (Å²) in [6, 6.07) is 5.93. The highest BCUT2D eigenvalue weighted by Gasteiger charge is 2.25. The van der Waals surface area contributed by atoms with E-state index in [4.69, 9.17) is 4.42 Å². The van der Waals surface area contributed by atoms with Crippen molar-refractivity contribution < 1.29 is 4.42 Å². The summed E-state index contributed by atoms with van der Waals surface area (Å²) in [7, 11) is 0. The summed E-state index contributed by atoms with van der Waals surface area (Å²) in [5.41, 5.74) is 3.08. The van der Waals surface area contributed by atoms with Gasteiger partial charge in [-0.05, 0) is 50.2 Å². The van der Waals surface area contributed by atoms with Gasteiger partial charge < -0.3 is 9.40 Å². The minimum atomic E-state index is 0.443. The first-order valence-electron chi connectivity index (χ1n) is 8.98. The highest BCUT2D eigenvalue weighted by Crippen LogP contribution is 2.31. The largest absolute Gasteiger partial charge is 0.465 e. The number of rotatable bonds is 4. The van der Waals surface area contributed by atoms with E-state index in [1.807, 2.05) is 24.4 Å². The lowest BCUT2D eigenvalue weighted by molar-refractivity contribution is 0.231. The van der Waals surface area contributed by atoms with Gasteiger partial charge in [0.1, 0.15) is 23.3 Å². The lowest BCUT2D eigenvalue weighted by atomic mass is 9.92. The number of H-pyrrole nitrogens is 1. The fourth-order valence-electron chi connectivity index (χ4n) is 3.79. The predicted octanol–water partition coefficient (Wildman–Crippen LogP) is 3.09. The van der Waals surface area contributed by atoms with Gasteiger partial charge in [0.25, 0.3) is 0 Å². The molecule has 7 heteroatoms. The van der Waals surface area contributed by atoms with Crippen molar-refractivity contribution in [1.82, 2.24) is 29.7 Å². The Morgan fingerprint density at radius 2 is 2.19 bits per heavy atom. The van der Waals surface area contributed by atoms with Crippen molar-refractivity contribution in [3.8, 4) is 0 Å². The number of nitrogens with one attached hydrogen (secondary N) is 1. The molecule has 0 spiro atoms. The molecule has 26 heavy (non-hydrogen) atoms. The fourth-order valence-corrected chi connectivity index (χ4v) is 3.79. The lowest BCUT2D eigenvalue weighted by Gasteiger charge is -2.30. The molecule has 0 bridgehead atoms. The predicted molar refractivity (Wildman–Crippen MR) is 98.8 cm³/mol. The molecule has 4 aromatic heterocycles. The summed E-state index contributed by atoms with van der Waals surface area (Å²) in [5, 5.41) is 9.85. The van der Waals surface area contributed by atoms with Crippen molar-refractivity contribution in [3.05, 3.63) is 54.5 Å². The van der Waals surface area contributed by atoms with Crippen LogP contribution in [0.4, 0.5) is 0 Å². The third-order valence-electron chi connectivity index (χ3n) is 5.16. The molecule has 5 rings (SSSR count). The first kappa shape index (κ1) is 15.3. The molecule has 4 aromatic rings. The third kappa shape index (κ3) is 2.70. The number of likely N-dealkylation sites (tertiary alicyclic amines) is 1. The smallest absolute Gasteiger partial charge is 0.141 e. The topological polar surface area (TPSA) is 75.2 Å². The summed E-state index contributed by atoms with van der Waals surface area (Å²) in [4.78, 5) is 10.0. The molecule has 1 aliphatic rings. The van der Waals surface area contributed by atoms with Crippen LogP contribution in [0.25, 0.3) is 22.6 Å². The SMILES string of the molecule is C(=Cc1ccco1)CN1CCC(c2nnn3cnc4[nH]ccc4c23)CC1. The zero-order valence-corrected chi connectivity index (χ0v) is 14.4. The van der Waals surface area contributed by atoms with Crippen molar-refractivity contribution in [3.63, 3.8) is 0 Å². The van der Waals surface area contributed by atoms with E-state index in [0.717, 1.165) is 60.5 Å². The van der Waals surface area contributed by atoms with E-state index in [2.05, 4.69) is 37.3 Å². The molecular formula is C19H20N6O. The zero-order valence-electron chi connectivity index (χ0n) is 14.4. The standard InChI is InChI=1S/C19H20N6O/c1(3-15-4-2-12-26-15)9-24-10-6-14(7-11-24)17-18-16-5-8-20-19(16)21-13-25(18)23-22-17/h1-5,8,12-14,20H,6-7,9-11H2. The Morgan fingerprint density at radius 3 is 3.04 bits per heavy atom. The van der Waals surface area contributed by atoms with Gasteiger partial charge in [-0.3, -0.25) is 4.90 Å². The molecule has 7 nitrogen and oxygen atoms in total. The summed E-state index contributed by atoms with van der Waals surface area (Å²) < 4.78 is 7.12. The van der Waals surface area contributed by atoms with Crippen LogP contribution in [0.15, 0.2) is 47.5 Å². The molecule has 0 aromatic carbocycles. The van der Waals surface area contributed by atoms with Crippen molar-refractivity contribution in [1.29, 1.82) is 0 Å². The van der Waals surface area contributed by atoms with Gasteiger partial charge in [0.2, 0.25) is 0 Å². The average Bonchev–Trinajstić information content (AvgIpc) is 3.41. The molecule has 1 N–H and O–H groups in total. The lowest BCUT2D eigenvalue weighted by Crippen LogP contribution is -2.33. The number of hydrogen-bond donors (Lipinski definition) is 1. The molecule has 0 atom stereocenters. The molecular weight excluding hydrogens is 328 g/mol. The Hall–Kier alpha value is -2.93. The van der Waals surface area contributed by atoms with E-state index in [0.29, 0.717) is 5.92 Å². The Balaban J connectivity index is 1.30. The second-order valence-electron chi connectivity index (χ2n) is 6.75. The Labute approximate surface area is 150 Å². The molecule has 0 radical (unpaired) electrons. The monoisotopic (exact) mass is 348 g/mol. The van der Waals surface area contributed by atoms with Crippen molar-refractivity contribution in [2.75, 3.05) is 19.6 Å². The first-order valence-corrected chi connectivity index (χ1v) is 8.98. The molecule has 0 amide bonds. The van der Waals surface area contributed by atoms with Crippen LogP contribution in [-0.2, 0) is 0 Å². The van der Waals surface area contributed by atoms with Gasteiger partial charge in [-0.25, -0.2) is 9.50 Å². The van der Waals surface area contributed by atoms with Gasteiger partial charge in [0, 0.05) is 24.0 Å². The summed E-state index contributed by atoms with van der Waals surface area (Å²) in [6.07, 6.45) is 11.7. The minimum absolute atomic E-state index is 0.443. The molecule has 1 aliphatic heterocycles. The third-order valence-corrected chi connectivity index (χ3v) is 5.16. The van der Waals surface area contributed by atoms with Crippen LogP contribution in [0.1, 0.15) is 30.2 Å². The molecule has 0 unspecified atom stereocenters. The molecule has 0 saturated carbocycles. The van der Waals surface area contributed by atoms with Gasteiger partial charge in [0.15, 0.2) is 0 Å². The molecule has 132 valence electrons. The van der Waals surface area contributed by atoms with Crippen molar-refractivity contribution >= 4 is 22.6 Å². The maximum atomic E-state index is 5.33. The van der Waals surface area contributed by atoms with Gasteiger partial charge in [-0.2, -0.15) is 0 Å². The number of piperidine rings is 1. The van der Waals surface area contributed by atoms with Gasteiger partial charge in [-0.1, -0.05) is 11.3 Å². The quantitative estimate of drug-likeness (QED) is 0.613. The van der Waals surface area contributed by atoms with E-state index in [-0.39, 0.29) is 0 Å². The normalized spacial score (nSPS) is 17.1. The number of furan rings is 1. The highest BCUT2D eigenvalue weighted by molar-refractivity contribution is 5.92. The molecule has 5 heterocycles. The van der Waals surface area contributed by atoms with Crippen LogP contribution in [0, 0.1) is 0 Å². The fraction of sp³-hybridized carbons (Fsp3) is 0.316. The van der Waals surface area contributed by atoms with E-state index in [9.17, 15) is 0 Å². The number of nitrogens with zero attached hydrogens (tertiary/aromatic N) is 5. The van der Waals surface area contributed by atoms with Gasteiger partial charge in [-0.15, -0.1) is 5.10 Å². The molecule has 1 saturated heterocycles. The van der Waals surface area contributed by atoms with E-state index in [1.54, 1.807) is 17.1 Å². The Bertz CT molecular complexity index is 1040. The second kappa shape index (κ2) is 6.42. The Kier molecular flexibility index (Phi) is 3.79. The van der Waals surface area contributed by atoms with Gasteiger partial charge in [0.05, 0.1) is 12.0 Å². The Morgan fingerprint density at radius 1 is 1.27 bits per heavy atom. The number of fused-ring (bicyclic) bond motifs is 3. The number of hydrogen-bond acceptors (Lipinski definition) is 5. The first-order chi connectivity index (χ1) is 12.9. The van der Waals surface area contributed by atoms with Gasteiger partial charge >= 0.3 is 0 Å². The van der Waals surface area contributed by atoms with Crippen molar-refractivity contribution in [2.45, 2.75) is 18.8 Å². The summed E-state index contributed by atoms with van der Waals surface area (Å²) >= 11 is 0. The maximum Gasteiger partial charge on any atom is 0.141 e. The highest BCUT2D eigenvalue weighted by atomic mass is 16.3. The van der Waals surface area contributed by atoms with Crippen LogP contribution < -0.4 is 0 Å². The van der Waals surface area contributed by atoms with Crippen LogP contribution in [0.3, 0.4) is 0 Å². The minimum Gasteiger partial charge on any atom is -0.465 e. The van der Waals surface area contributed by atoms with E-state index < -0.39 is 0 Å². The van der Waals surface area contributed by atoms with Crippen LogP contribution >= 0.6 is 0 Å².